The Labute approximate surface area is 96.3 Å². The van der Waals surface area contributed by atoms with Gasteiger partial charge in [0, 0.05) is 0 Å². The van der Waals surface area contributed by atoms with E-state index in [-0.39, 0.29) is 23.8 Å². The van der Waals surface area contributed by atoms with E-state index in [9.17, 15) is 9.59 Å². The Morgan fingerprint density at radius 1 is 1.19 bits per heavy atom. The van der Waals surface area contributed by atoms with Gasteiger partial charge in [0.1, 0.15) is 0 Å². The quantitative estimate of drug-likeness (QED) is 0.690. The van der Waals surface area contributed by atoms with E-state index in [4.69, 9.17) is 9.47 Å². The Morgan fingerprint density at radius 2 is 1.81 bits per heavy atom. The highest BCUT2D eigenvalue weighted by atomic mass is 16.5. The third-order valence-electron chi connectivity index (χ3n) is 2.99. The summed E-state index contributed by atoms with van der Waals surface area (Å²) < 4.78 is 9.81. The van der Waals surface area contributed by atoms with Gasteiger partial charge in [-0.15, -0.1) is 0 Å². The molecule has 2 atom stereocenters. The molecule has 0 heterocycles. The zero-order valence-electron chi connectivity index (χ0n) is 10.0. The summed E-state index contributed by atoms with van der Waals surface area (Å²) >= 11 is 0. The lowest BCUT2D eigenvalue weighted by molar-refractivity contribution is -0.153. The zero-order valence-corrected chi connectivity index (χ0v) is 10.0. The molecule has 0 bridgehead atoms. The topological polar surface area (TPSA) is 52.6 Å². The van der Waals surface area contributed by atoms with E-state index in [2.05, 4.69) is 0 Å². The second kappa shape index (κ2) is 6.51. The molecule has 4 nitrogen and oxygen atoms in total. The number of rotatable bonds is 4. The van der Waals surface area contributed by atoms with E-state index >= 15 is 0 Å². The van der Waals surface area contributed by atoms with Crippen molar-refractivity contribution in [2.24, 2.45) is 11.8 Å². The summed E-state index contributed by atoms with van der Waals surface area (Å²) in [6.07, 6.45) is 3.96. The highest BCUT2D eigenvalue weighted by Gasteiger charge is 2.32. The molecule has 0 spiro atoms. The maximum Gasteiger partial charge on any atom is 0.308 e. The molecule has 0 saturated heterocycles. The van der Waals surface area contributed by atoms with Crippen LogP contribution in [-0.2, 0) is 19.1 Å². The van der Waals surface area contributed by atoms with Crippen molar-refractivity contribution in [2.45, 2.75) is 39.0 Å². The van der Waals surface area contributed by atoms with Gasteiger partial charge in [-0.1, -0.05) is 13.3 Å². The fourth-order valence-corrected chi connectivity index (χ4v) is 2.11. The highest BCUT2D eigenvalue weighted by molar-refractivity contribution is 5.76. The standard InChI is InChI=1S/C12H20O4/c1-3-7-16-12(14)10-6-4-5-9(8-10)11(13)15-2/h9-10H,3-8H2,1-2H3. The van der Waals surface area contributed by atoms with Gasteiger partial charge in [-0.25, -0.2) is 0 Å². The van der Waals surface area contributed by atoms with Gasteiger partial charge in [-0.05, 0) is 25.7 Å². The Hall–Kier alpha value is -1.06. The summed E-state index contributed by atoms with van der Waals surface area (Å²) in [4.78, 5) is 23.0. The monoisotopic (exact) mass is 228 g/mol. The predicted molar refractivity (Wildman–Crippen MR) is 58.7 cm³/mol. The van der Waals surface area contributed by atoms with Crippen molar-refractivity contribution in [2.75, 3.05) is 13.7 Å². The molecule has 0 N–H and O–H groups in total. The van der Waals surface area contributed by atoms with Crippen molar-refractivity contribution >= 4 is 11.9 Å². The van der Waals surface area contributed by atoms with E-state index in [1.165, 1.54) is 7.11 Å². The molecule has 16 heavy (non-hydrogen) atoms. The smallest absolute Gasteiger partial charge is 0.308 e. The van der Waals surface area contributed by atoms with Gasteiger partial charge in [0.2, 0.25) is 0 Å². The van der Waals surface area contributed by atoms with Crippen LogP contribution in [0.25, 0.3) is 0 Å². The van der Waals surface area contributed by atoms with Gasteiger partial charge in [0.15, 0.2) is 0 Å². The lowest BCUT2D eigenvalue weighted by atomic mass is 9.81. The van der Waals surface area contributed by atoms with E-state index in [1.807, 2.05) is 6.92 Å². The summed E-state index contributed by atoms with van der Waals surface area (Å²) in [5, 5.41) is 0. The van der Waals surface area contributed by atoms with Gasteiger partial charge in [-0.3, -0.25) is 9.59 Å². The predicted octanol–water partition coefficient (Wildman–Crippen LogP) is 1.92. The van der Waals surface area contributed by atoms with Crippen LogP contribution in [0.1, 0.15) is 39.0 Å². The number of hydrogen-bond acceptors (Lipinski definition) is 4. The number of carbonyl (C=O) groups excluding carboxylic acids is 2. The van der Waals surface area contributed by atoms with E-state index in [0.29, 0.717) is 13.0 Å². The van der Waals surface area contributed by atoms with Gasteiger partial charge in [0.05, 0.1) is 25.6 Å². The van der Waals surface area contributed by atoms with Gasteiger partial charge in [0.25, 0.3) is 0 Å². The van der Waals surface area contributed by atoms with Crippen LogP contribution in [0.5, 0.6) is 0 Å². The number of methoxy groups -OCH3 is 1. The largest absolute Gasteiger partial charge is 0.469 e. The lowest BCUT2D eigenvalue weighted by Gasteiger charge is -2.25. The third kappa shape index (κ3) is 3.51. The van der Waals surface area contributed by atoms with E-state index in [0.717, 1.165) is 25.7 Å². The average Bonchev–Trinajstić information content (AvgIpc) is 2.35. The van der Waals surface area contributed by atoms with E-state index < -0.39 is 0 Å². The molecule has 1 rings (SSSR count). The van der Waals surface area contributed by atoms with Crippen molar-refractivity contribution in [3.8, 4) is 0 Å². The fourth-order valence-electron chi connectivity index (χ4n) is 2.11. The van der Waals surface area contributed by atoms with Crippen LogP contribution in [0.3, 0.4) is 0 Å². The summed E-state index contributed by atoms with van der Waals surface area (Å²) in [5.41, 5.74) is 0. The lowest BCUT2D eigenvalue weighted by Crippen LogP contribution is -2.29. The summed E-state index contributed by atoms with van der Waals surface area (Å²) in [7, 11) is 1.39. The SMILES string of the molecule is CCCOC(=O)C1CCCC(C(=O)OC)C1. The molecular weight excluding hydrogens is 208 g/mol. The van der Waals surface area contributed by atoms with Crippen LogP contribution in [0.2, 0.25) is 0 Å². The highest BCUT2D eigenvalue weighted by Crippen LogP contribution is 2.30. The first-order chi connectivity index (χ1) is 7.69. The van der Waals surface area contributed by atoms with Crippen molar-refractivity contribution in [1.29, 1.82) is 0 Å². The van der Waals surface area contributed by atoms with Crippen LogP contribution in [0.4, 0.5) is 0 Å². The molecule has 0 aliphatic heterocycles. The minimum atomic E-state index is -0.201. The Kier molecular flexibility index (Phi) is 5.29. The molecule has 0 aromatic rings. The summed E-state index contributed by atoms with van der Waals surface area (Å²) in [5.74, 6) is -0.606. The minimum Gasteiger partial charge on any atom is -0.469 e. The number of esters is 2. The fraction of sp³-hybridized carbons (Fsp3) is 0.833. The van der Waals surface area contributed by atoms with Crippen molar-refractivity contribution in [1.82, 2.24) is 0 Å². The molecule has 0 radical (unpaired) electrons. The van der Waals surface area contributed by atoms with Gasteiger partial charge in [-0.2, -0.15) is 0 Å². The molecule has 1 aliphatic rings. The molecule has 1 fully saturated rings. The normalized spacial score (nSPS) is 24.9. The average molecular weight is 228 g/mol. The maximum absolute atomic E-state index is 11.6. The second-order valence-corrected chi connectivity index (χ2v) is 4.25. The maximum atomic E-state index is 11.6. The second-order valence-electron chi connectivity index (χ2n) is 4.25. The molecule has 1 saturated carbocycles. The third-order valence-corrected chi connectivity index (χ3v) is 2.99. The molecule has 4 heteroatoms. The van der Waals surface area contributed by atoms with Crippen molar-refractivity contribution in [3.63, 3.8) is 0 Å². The zero-order chi connectivity index (χ0) is 12.0. The van der Waals surface area contributed by atoms with Gasteiger partial charge >= 0.3 is 11.9 Å². The Balaban J connectivity index is 2.43. The number of hydrogen-bond donors (Lipinski definition) is 0. The first-order valence-corrected chi connectivity index (χ1v) is 5.93. The van der Waals surface area contributed by atoms with Crippen molar-refractivity contribution < 1.29 is 19.1 Å². The molecular formula is C12H20O4. The van der Waals surface area contributed by atoms with Crippen LogP contribution >= 0.6 is 0 Å². The van der Waals surface area contributed by atoms with E-state index in [1.54, 1.807) is 0 Å². The Bertz CT molecular complexity index is 249. The van der Waals surface area contributed by atoms with Crippen LogP contribution in [-0.4, -0.2) is 25.7 Å². The van der Waals surface area contributed by atoms with Crippen molar-refractivity contribution in [3.05, 3.63) is 0 Å². The molecule has 0 aromatic heterocycles. The van der Waals surface area contributed by atoms with Crippen LogP contribution < -0.4 is 0 Å². The first kappa shape index (κ1) is 13.0. The Morgan fingerprint density at radius 3 is 2.38 bits per heavy atom. The summed E-state index contributed by atoms with van der Waals surface area (Å²) in [6.45, 7) is 2.43. The van der Waals surface area contributed by atoms with Crippen LogP contribution in [0, 0.1) is 11.8 Å². The number of carbonyl (C=O) groups is 2. The van der Waals surface area contributed by atoms with Gasteiger partial charge < -0.3 is 9.47 Å². The number of ether oxygens (including phenoxy) is 2. The molecule has 2 unspecified atom stereocenters. The van der Waals surface area contributed by atoms with Crippen LogP contribution in [0.15, 0.2) is 0 Å². The molecule has 0 aromatic carbocycles. The molecule has 0 amide bonds. The first-order valence-electron chi connectivity index (χ1n) is 5.93. The summed E-state index contributed by atoms with van der Waals surface area (Å²) in [6, 6.07) is 0. The molecule has 1 aliphatic carbocycles. The minimum absolute atomic E-state index is 0.121. The molecule has 92 valence electrons.